The highest BCUT2D eigenvalue weighted by molar-refractivity contribution is 7.89. The Morgan fingerprint density at radius 3 is 2.45 bits per heavy atom. The van der Waals surface area contributed by atoms with Crippen LogP contribution in [0.1, 0.15) is 25.8 Å². The van der Waals surface area contributed by atoms with E-state index in [0.717, 1.165) is 12.0 Å². The van der Waals surface area contributed by atoms with E-state index >= 15 is 0 Å². The third kappa shape index (κ3) is 7.43. The average Bonchev–Trinajstić information content (AvgIpc) is 3.54. The van der Waals surface area contributed by atoms with Gasteiger partial charge in [0, 0.05) is 13.1 Å². The van der Waals surface area contributed by atoms with E-state index in [1.54, 1.807) is 24.3 Å². The van der Waals surface area contributed by atoms with Crippen molar-refractivity contribution in [2.24, 2.45) is 11.8 Å². The molecule has 0 radical (unpaired) electrons. The highest BCUT2D eigenvalue weighted by Crippen LogP contribution is 2.33. The highest BCUT2D eigenvalue weighted by atomic mass is 32.2. The molecular weight excluding hydrogens is 540 g/mol. The van der Waals surface area contributed by atoms with Crippen molar-refractivity contribution in [3.63, 3.8) is 0 Å². The van der Waals surface area contributed by atoms with Gasteiger partial charge in [0.1, 0.15) is 17.6 Å². The van der Waals surface area contributed by atoms with Gasteiger partial charge >= 0.3 is 6.09 Å². The number of ether oxygens (including phenoxy) is 4. The van der Waals surface area contributed by atoms with Crippen LogP contribution >= 0.6 is 0 Å². The predicted molar refractivity (Wildman–Crippen MR) is 145 cm³/mol. The maximum absolute atomic E-state index is 13.6. The molecule has 3 N–H and O–H groups in total. The summed E-state index contributed by atoms with van der Waals surface area (Å²) in [6.07, 6.45) is -2.00. The molecule has 0 aliphatic carbocycles. The zero-order chi connectivity index (χ0) is 28.9. The largest absolute Gasteiger partial charge is 0.508 e. The Morgan fingerprint density at radius 2 is 1.80 bits per heavy atom. The smallest absolute Gasteiger partial charge is 0.407 e. The Hall–Kier alpha value is -2.90. The van der Waals surface area contributed by atoms with Gasteiger partial charge in [0.2, 0.25) is 10.0 Å². The predicted octanol–water partition coefficient (Wildman–Crippen LogP) is 2.51. The van der Waals surface area contributed by atoms with E-state index in [0.29, 0.717) is 12.4 Å². The number of rotatable bonds is 12. The molecular formula is C28H38N2O9S. The van der Waals surface area contributed by atoms with Crippen LogP contribution in [-0.4, -0.2) is 87.0 Å². The van der Waals surface area contributed by atoms with E-state index in [2.05, 4.69) is 5.32 Å². The summed E-state index contributed by atoms with van der Waals surface area (Å²) in [6, 6.07) is 11.5. The number of aromatic hydroxyl groups is 1. The van der Waals surface area contributed by atoms with Gasteiger partial charge in [-0.25, -0.2) is 13.2 Å². The Balaban J connectivity index is 1.52. The molecule has 2 fully saturated rings. The SMILES string of the molecule is COc1ccc(S(=O)(=O)N(CC(C)C)C[C@@H](O)[C@@H](Cc2ccc(O)cc2)NC(=O)O[C@@H]2CO[C@@H]3OCC[C@@H]32)cc1. The summed E-state index contributed by atoms with van der Waals surface area (Å²) >= 11 is 0. The normalized spacial score (nSPS) is 22.2. The fraction of sp³-hybridized carbons (Fsp3) is 0.536. The number of hydrogen-bond acceptors (Lipinski definition) is 9. The molecule has 2 aromatic carbocycles. The Kier molecular flexibility index (Phi) is 9.90. The van der Waals surface area contributed by atoms with E-state index in [1.165, 1.54) is 35.7 Å². The van der Waals surface area contributed by atoms with Crippen LogP contribution in [0.15, 0.2) is 53.4 Å². The zero-order valence-electron chi connectivity index (χ0n) is 22.9. The van der Waals surface area contributed by atoms with Crippen LogP contribution in [0.2, 0.25) is 0 Å². The number of nitrogens with zero attached hydrogens (tertiary/aromatic N) is 1. The lowest BCUT2D eigenvalue weighted by atomic mass is 10.0. The van der Waals surface area contributed by atoms with E-state index < -0.39 is 34.4 Å². The number of nitrogens with one attached hydrogen (secondary N) is 1. The van der Waals surface area contributed by atoms with Gasteiger partial charge in [-0.2, -0.15) is 4.31 Å². The van der Waals surface area contributed by atoms with Crippen molar-refractivity contribution in [1.82, 2.24) is 9.62 Å². The van der Waals surface area contributed by atoms with Crippen LogP contribution in [-0.2, 0) is 30.7 Å². The number of aliphatic hydroxyl groups excluding tert-OH is 1. The molecule has 4 rings (SSSR count). The van der Waals surface area contributed by atoms with Crippen molar-refractivity contribution in [1.29, 1.82) is 0 Å². The first-order valence-corrected chi connectivity index (χ1v) is 14.8. The molecule has 2 aromatic rings. The maximum atomic E-state index is 13.6. The van der Waals surface area contributed by atoms with Gasteiger partial charge in [0.05, 0.1) is 43.3 Å². The molecule has 40 heavy (non-hydrogen) atoms. The molecule has 2 saturated heterocycles. The second kappa shape index (κ2) is 13.2. The fourth-order valence-corrected chi connectivity index (χ4v) is 6.57. The quantitative estimate of drug-likeness (QED) is 0.346. The molecule has 2 aliphatic rings. The highest BCUT2D eigenvalue weighted by Gasteiger charge is 2.44. The summed E-state index contributed by atoms with van der Waals surface area (Å²) in [4.78, 5) is 13.0. The van der Waals surface area contributed by atoms with Crippen LogP contribution in [0.25, 0.3) is 0 Å². The van der Waals surface area contributed by atoms with Gasteiger partial charge < -0.3 is 34.5 Å². The molecule has 0 unspecified atom stereocenters. The molecule has 5 atom stereocenters. The molecule has 0 aromatic heterocycles. The Labute approximate surface area is 235 Å². The fourth-order valence-electron chi connectivity index (χ4n) is 4.95. The third-order valence-corrected chi connectivity index (χ3v) is 8.91. The van der Waals surface area contributed by atoms with Crippen molar-refractivity contribution >= 4 is 16.1 Å². The van der Waals surface area contributed by atoms with Crippen molar-refractivity contribution in [3.05, 3.63) is 54.1 Å². The number of amides is 1. The lowest BCUT2D eigenvalue weighted by molar-refractivity contribution is -0.0907. The maximum Gasteiger partial charge on any atom is 0.407 e. The lowest BCUT2D eigenvalue weighted by Crippen LogP contribution is -2.51. The molecule has 11 nitrogen and oxygen atoms in total. The van der Waals surface area contributed by atoms with Gasteiger partial charge in [-0.15, -0.1) is 0 Å². The summed E-state index contributed by atoms with van der Waals surface area (Å²) in [7, 11) is -2.48. The third-order valence-electron chi connectivity index (χ3n) is 7.06. The minimum Gasteiger partial charge on any atom is -0.508 e. The zero-order valence-corrected chi connectivity index (χ0v) is 23.7. The number of hydrogen-bond donors (Lipinski definition) is 3. The van der Waals surface area contributed by atoms with Crippen molar-refractivity contribution in [3.8, 4) is 11.5 Å². The second-order valence-corrected chi connectivity index (χ2v) is 12.5. The number of carbonyl (C=O) groups is 1. The summed E-state index contributed by atoms with van der Waals surface area (Å²) in [5.74, 6) is 0.519. The molecule has 220 valence electrons. The van der Waals surface area contributed by atoms with Gasteiger partial charge in [-0.3, -0.25) is 0 Å². The van der Waals surface area contributed by atoms with Gasteiger partial charge in [0.15, 0.2) is 6.29 Å². The molecule has 0 bridgehead atoms. The molecule has 2 aliphatic heterocycles. The molecule has 1 amide bonds. The topological polar surface area (TPSA) is 144 Å². The van der Waals surface area contributed by atoms with Crippen LogP contribution < -0.4 is 10.1 Å². The van der Waals surface area contributed by atoms with Crippen LogP contribution in [0.4, 0.5) is 4.79 Å². The Bertz CT molecular complexity index is 1220. The number of aliphatic hydroxyl groups is 1. The first kappa shape index (κ1) is 30.1. The van der Waals surface area contributed by atoms with E-state index in [9.17, 15) is 23.4 Å². The molecule has 0 saturated carbocycles. The number of carbonyl (C=O) groups excluding carboxylic acids is 1. The second-order valence-electron chi connectivity index (χ2n) is 10.5. The van der Waals surface area contributed by atoms with Crippen molar-refractivity contribution in [2.45, 2.75) is 56.1 Å². The molecule has 2 heterocycles. The summed E-state index contributed by atoms with van der Waals surface area (Å²) < 4.78 is 50.2. The number of methoxy groups -OCH3 is 1. The van der Waals surface area contributed by atoms with Crippen LogP contribution in [0.3, 0.4) is 0 Å². The first-order chi connectivity index (χ1) is 19.1. The number of benzene rings is 2. The monoisotopic (exact) mass is 578 g/mol. The van der Waals surface area contributed by atoms with E-state index in [4.69, 9.17) is 18.9 Å². The summed E-state index contributed by atoms with van der Waals surface area (Å²) in [5, 5.41) is 23.8. The molecule has 12 heteroatoms. The minimum atomic E-state index is -3.97. The minimum absolute atomic E-state index is 0.0300. The molecule has 0 spiro atoms. The Morgan fingerprint density at radius 1 is 1.10 bits per heavy atom. The number of fused-ring (bicyclic) bond motifs is 1. The van der Waals surface area contributed by atoms with Gasteiger partial charge in [-0.05, 0) is 60.7 Å². The first-order valence-electron chi connectivity index (χ1n) is 13.4. The summed E-state index contributed by atoms with van der Waals surface area (Å²) in [5.41, 5.74) is 0.726. The van der Waals surface area contributed by atoms with Crippen molar-refractivity contribution in [2.75, 3.05) is 33.4 Å². The van der Waals surface area contributed by atoms with E-state index in [1.807, 2.05) is 13.8 Å². The van der Waals surface area contributed by atoms with E-state index in [-0.39, 0.29) is 54.9 Å². The standard InChI is InChI=1S/C28H38N2O9S/c1-18(2)15-30(40(34,35)22-10-8-21(36-3)9-11-22)16-25(32)24(14-19-4-6-20(31)7-5-19)29-28(33)39-26-17-38-27-23(26)12-13-37-27/h4-11,18,23-27,31-32H,12-17H2,1-3H3,(H,29,33)/t23-,24-,25-,26-,27+/m1/s1. The number of phenolic OH excluding ortho intramolecular Hbond substituents is 1. The van der Waals surface area contributed by atoms with Crippen LogP contribution in [0, 0.1) is 11.8 Å². The van der Waals surface area contributed by atoms with Crippen molar-refractivity contribution < 1.29 is 42.4 Å². The number of alkyl carbamates (subject to hydrolysis) is 1. The number of phenols is 1. The number of sulfonamides is 1. The van der Waals surface area contributed by atoms with Gasteiger partial charge in [0.25, 0.3) is 0 Å². The van der Waals surface area contributed by atoms with Crippen LogP contribution in [0.5, 0.6) is 11.5 Å². The summed E-state index contributed by atoms with van der Waals surface area (Å²) in [6.45, 7) is 4.42. The van der Waals surface area contributed by atoms with Gasteiger partial charge in [-0.1, -0.05) is 26.0 Å². The lowest BCUT2D eigenvalue weighted by Gasteiger charge is -2.31. The average molecular weight is 579 g/mol.